The number of anilines is 2. The molecule has 0 unspecified atom stereocenters. The van der Waals surface area contributed by atoms with E-state index in [-0.39, 0.29) is 10.8 Å². The fraction of sp³-hybridized carbons (Fsp3) is 0.409. The summed E-state index contributed by atoms with van der Waals surface area (Å²) < 4.78 is 0. The van der Waals surface area contributed by atoms with E-state index in [2.05, 4.69) is 76.0 Å². The molecule has 0 spiro atoms. The molecule has 2 aromatic rings. The van der Waals surface area contributed by atoms with Gasteiger partial charge >= 0.3 is 0 Å². The van der Waals surface area contributed by atoms with Gasteiger partial charge in [-0.05, 0) is 53.0 Å². The topological polar surface area (TPSA) is 15.6 Å². The van der Waals surface area contributed by atoms with Crippen LogP contribution in [0.1, 0.15) is 57.2 Å². The first-order valence-corrected chi connectivity index (χ1v) is 8.85. The lowest BCUT2D eigenvalue weighted by molar-refractivity contribution is 0.332. The number of hydrogen-bond donors (Lipinski definition) is 0. The zero-order valence-corrected chi connectivity index (χ0v) is 15.4. The molecule has 0 amide bonds. The first kappa shape index (κ1) is 15.4. The van der Waals surface area contributed by atoms with Crippen LogP contribution in [0.15, 0.2) is 41.4 Å². The van der Waals surface area contributed by atoms with Crippen LogP contribution < -0.4 is 4.90 Å². The van der Waals surface area contributed by atoms with Gasteiger partial charge in [0.25, 0.3) is 0 Å². The van der Waals surface area contributed by atoms with Gasteiger partial charge in [0.05, 0.1) is 11.4 Å². The molecular formula is C22H26N2. The Hall–Kier alpha value is -2.09. The van der Waals surface area contributed by atoms with E-state index in [0.29, 0.717) is 0 Å². The molecule has 0 radical (unpaired) electrons. The summed E-state index contributed by atoms with van der Waals surface area (Å²) in [5.41, 5.74) is 8.07. The quantitative estimate of drug-likeness (QED) is 0.593. The Morgan fingerprint density at radius 2 is 1.50 bits per heavy atom. The van der Waals surface area contributed by atoms with Crippen molar-refractivity contribution in [3.8, 4) is 0 Å². The van der Waals surface area contributed by atoms with Gasteiger partial charge < -0.3 is 4.90 Å². The average molecular weight is 318 g/mol. The molecular weight excluding hydrogens is 292 g/mol. The second kappa shape index (κ2) is 4.95. The molecule has 0 bridgehead atoms. The van der Waals surface area contributed by atoms with E-state index in [1.54, 1.807) is 0 Å². The van der Waals surface area contributed by atoms with Crippen molar-refractivity contribution >= 4 is 23.3 Å². The molecule has 4 rings (SSSR count). The molecule has 0 aromatic heterocycles. The SMILES string of the molecule is CN1c2ccccc2C=Nc2cc3c(cc21)C(C)(C)CCC3(C)C. The average Bonchev–Trinajstić information content (AvgIpc) is 2.69. The lowest BCUT2D eigenvalue weighted by atomic mass is 9.63. The number of benzene rings is 2. The fourth-order valence-electron chi connectivity index (χ4n) is 4.13. The number of fused-ring (bicyclic) bond motifs is 3. The summed E-state index contributed by atoms with van der Waals surface area (Å²) in [4.78, 5) is 7.12. The maximum atomic E-state index is 4.83. The Balaban J connectivity index is 1.98. The molecule has 0 fully saturated rings. The van der Waals surface area contributed by atoms with Crippen LogP contribution in [0, 0.1) is 0 Å². The molecule has 2 aromatic carbocycles. The molecule has 1 heterocycles. The summed E-state index contributed by atoms with van der Waals surface area (Å²) in [6.07, 6.45) is 4.46. The Morgan fingerprint density at radius 3 is 2.21 bits per heavy atom. The van der Waals surface area contributed by atoms with E-state index < -0.39 is 0 Å². The van der Waals surface area contributed by atoms with Crippen molar-refractivity contribution in [2.75, 3.05) is 11.9 Å². The van der Waals surface area contributed by atoms with Crippen LogP contribution in [0.2, 0.25) is 0 Å². The van der Waals surface area contributed by atoms with Crippen LogP contribution in [0.3, 0.4) is 0 Å². The first-order chi connectivity index (χ1) is 11.3. The molecule has 2 heteroatoms. The van der Waals surface area contributed by atoms with Crippen LogP contribution >= 0.6 is 0 Å². The van der Waals surface area contributed by atoms with Gasteiger partial charge in [0.2, 0.25) is 0 Å². The van der Waals surface area contributed by atoms with E-state index in [4.69, 9.17) is 4.99 Å². The van der Waals surface area contributed by atoms with E-state index >= 15 is 0 Å². The van der Waals surface area contributed by atoms with Crippen LogP contribution in [-0.2, 0) is 10.8 Å². The molecule has 24 heavy (non-hydrogen) atoms. The summed E-state index contributed by atoms with van der Waals surface area (Å²) in [5, 5.41) is 0. The lowest BCUT2D eigenvalue weighted by Crippen LogP contribution is -2.34. The maximum Gasteiger partial charge on any atom is 0.0869 e. The molecule has 1 aliphatic heterocycles. The fourth-order valence-corrected chi connectivity index (χ4v) is 4.13. The number of para-hydroxylation sites is 1. The highest BCUT2D eigenvalue weighted by atomic mass is 15.1. The van der Waals surface area contributed by atoms with Crippen molar-refractivity contribution in [3.05, 3.63) is 53.1 Å². The zero-order valence-electron chi connectivity index (χ0n) is 15.4. The minimum Gasteiger partial charge on any atom is -0.342 e. The largest absolute Gasteiger partial charge is 0.342 e. The first-order valence-electron chi connectivity index (χ1n) is 8.85. The summed E-state index contributed by atoms with van der Waals surface area (Å²) in [6.45, 7) is 9.49. The van der Waals surface area contributed by atoms with E-state index in [0.717, 1.165) is 5.69 Å². The van der Waals surface area contributed by atoms with Crippen molar-refractivity contribution in [2.24, 2.45) is 4.99 Å². The van der Waals surface area contributed by atoms with Crippen molar-refractivity contribution < 1.29 is 0 Å². The van der Waals surface area contributed by atoms with E-state index in [1.165, 1.54) is 40.9 Å². The molecule has 0 saturated heterocycles. The van der Waals surface area contributed by atoms with Crippen LogP contribution in [0.4, 0.5) is 17.1 Å². The monoisotopic (exact) mass is 318 g/mol. The van der Waals surface area contributed by atoms with E-state index in [1.807, 2.05) is 6.21 Å². The van der Waals surface area contributed by atoms with Gasteiger partial charge in [-0.2, -0.15) is 0 Å². The molecule has 0 N–H and O–H groups in total. The van der Waals surface area contributed by atoms with Crippen molar-refractivity contribution in [1.29, 1.82) is 0 Å². The van der Waals surface area contributed by atoms with E-state index in [9.17, 15) is 0 Å². The van der Waals surface area contributed by atoms with Crippen LogP contribution in [0.25, 0.3) is 0 Å². The standard InChI is InChI=1S/C22H26N2/c1-21(2)10-11-22(3,4)17-13-20-18(12-16(17)21)23-14-15-8-6-7-9-19(15)24(20)5/h6-9,12-14H,10-11H2,1-5H3. The maximum absolute atomic E-state index is 4.83. The van der Waals surface area contributed by atoms with Gasteiger partial charge in [-0.25, -0.2) is 0 Å². The minimum absolute atomic E-state index is 0.215. The third-order valence-corrected chi connectivity index (χ3v) is 5.95. The third-order valence-electron chi connectivity index (χ3n) is 5.95. The zero-order chi connectivity index (χ0) is 17.1. The highest BCUT2D eigenvalue weighted by Gasteiger charge is 2.38. The van der Waals surface area contributed by atoms with Crippen LogP contribution in [0.5, 0.6) is 0 Å². The highest BCUT2D eigenvalue weighted by molar-refractivity contribution is 5.96. The predicted octanol–water partition coefficient (Wildman–Crippen LogP) is 5.87. The number of aliphatic imine (C=N–C) groups is 1. The Morgan fingerprint density at radius 1 is 0.875 bits per heavy atom. The highest BCUT2D eigenvalue weighted by Crippen LogP contribution is 2.50. The molecule has 0 atom stereocenters. The summed E-state index contributed by atoms with van der Waals surface area (Å²) in [6, 6.07) is 13.2. The second-order valence-corrected chi connectivity index (χ2v) is 8.53. The van der Waals surface area contributed by atoms with Crippen molar-refractivity contribution in [2.45, 2.75) is 51.4 Å². The lowest BCUT2D eigenvalue weighted by Gasteiger charge is -2.42. The smallest absolute Gasteiger partial charge is 0.0869 e. The van der Waals surface area contributed by atoms with Gasteiger partial charge in [-0.15, -0.1) is 0 Å². The molecule has 2 aliphatic rings. The van der Waals surface area contributed by atoms with Gasteiger partial charge in [0.15, 0.2) is 0 Å². The Labute approximate surface area is 145 Å². The molecule has 0 saturated carbocycles. The van der Waals surface area contributed by atoms with Gasteiger partial charge in [-0.1, -0.05) is 45.9 Å². The minimum atomic E-state index is 0.215. The van der Waals surface area contributed by atoms with Gasteiger partial charge in [0.1, 0.15) is 0 Å². The number of hydrogen-bond acceptors (Lipinski definition) is 2. The molecule has 2 nitrogen and oxygen atoms in total. The van der Waals surface area contributed by atoms with Crippen LogP contribution in [-0.4, -0.2) is 13.3 Å². The Kier molecular flexibility index (Phi) is 3.19. The van der Waals surface area contributed by atoms with Gasteiger partial charge in [0, 0.05) is 24.5 Å². The number of nitrogens with zero attached hydrogens (tertiary/aromatic N) is 2. The van der Waals surface area contributed by atoms with Gasteiger partial charge in [-0.3, -0.25) is 4.99 Å². The molecule has 1 aliphatic carbocycles. The third kappa shape index (κ3) is 2.20. The van der Waals surface area contributed by atoms with Crippen molar-refractivity contribution in [1.82, 2.24) is 0 Å². The predicted molar refractivity (Wildman–Crippen MR) is 103 cm³/mol. The normalized spacial score (nSPS) is 20.0. The summed E-state index contributed by atoms with van der Waals surface area (Å²) >= 11 is 0. The summed E-state index contributed by atoms with van der Waals surface area (Å²) in [7, 11) is 2.15. The Bertz CT molecular complexity index is 843. The summed E-state index contributed by atoms with van der Waals surface area (Å²) in [5.74, 6) is 0. The van der Waals surface area contributed by atoms with Crippen molar-refractivity contribution in [3.63, 3.8) is 0 Å². The molecule has 124 valence electrons. The number of rotatable bonds is 0. The second-order valence-electron chi connectivity index (χ2n) is 8.53.